The standard InChI is InChI=1S/C17H18N2O4/c1-11-8-9-15(22-2)14(10-11)19-17(21)18-13-7-5-4-6-12(13)16(20)23-3/h4-10H,1-3H3,(H2,18,19,21). The molecular weight excluding hydrogens is 296 g/mol. The Morgan fingerprint density at radius 1 is 0.957 bits per heavy atom. The molecule has 2 N–H and O–H groups in total. The first-order valence-electron chi connectivity index (χ1n) is 6.95. The van der Waals surface area contributed by atoms with Crippen LogP contribution in [0.5, 0.6) is 5.75 Å². The van der Waals surface area contributed by atoms with E-state index in [4.69, 9.17) is 9.47 Å². The fraction of sp³-hybridized carbons (Fsp3) is 0.176. The molecule has 0 aliphatic carbocycles. The molecule has 0 fully saturated rings. The van der Waals surface area contributed by atoms with Gasteiger partial charge in [-0.25, -0.2) is 9.59 Å². The van der Waals surface area contributed by atoms with Crippen molar-refractivity contribution in [2.24, 2.45) is 0 Å². The Bertz CT molecular complexity index is 728. The van der Waals surface area contributed by atoms with Crippen molar-refractivity contribution in [2.45, 2.75) is 6.92 Å². The zero-order valence-electron chi connectivity index (χ0n) is 13.2. The monoisotopic (exact) mass is 314 g/mol. The zero-order valence-corrected chi connectivity index (χ0v) is 13.2. The van der Waals surface area contributed by atoms with Crippen molar-refractivity contribution < 1.29 is 19.1 Å². The molecule has 2 rings (SSSR count). The number of ether oxygens (including phenoxy) is 2. The van der Waals surface area contributed by atoms with Crippen LogP contribution >= 0.6 is 0 Å². The second-order valence-electron chi connectivity index (χ2n) is 4.82. The normalized spacial score (nSPS) is 9.87. The summed E-state index contributed by atoms with van der Waals surface area (Å²) in [7, 11) is 2.82. The van der Waals surface area contributed by atoms with Gasteiger partial charge < -0.3 is 20.1 Å². The van der Waals surface area contributed by atoms with Gasteiger partial charge in [-0.3, -0.25) is 0 Å². The number of methoxy groups -OCH3 is 2. The first-order chi connectivity index (χ1) is 11.0. The number of hydrogen-bond acceptors (Lipinski definition) is 4. The van der Waals surface area contributed by atoms with Gasteiger partial charge in [-0.15, -0.1) is 0 Å². The number of urea groups is 1. The first-order valence-corrected chi connectivity index (χ1v) is 6.95. The van der Waals surface area contributed by atoms with Gasteiger partial charge in [0.2, 0.25) is 0 Å². The van der Waals surface area contributed by atoms with E-state index in [1.165, 1.54) is 14.2 Å². The van der Waals surface area contributed by atoms with Crippen LogP contribution in [-0.2, 0) is 4.74 Å². The molecule has 0 radical (unpaired) electrons. The molecule has 0 saturated carbocycles. The van der Waals surface area contributed by atoms with Gasteiger partial charge in [0.05, 0.1) is 31.2 Å². The van der Waals surface area contributed by atoms with Crippen LogP contribution in [0.3, 0.4) is 0 Å². The van der Waals surface area contributed by atoms with E-state index in [2.05, 4.69) is 10.6 Å². The quantitative estimate of drug-likeness (QED) is 0.848. The lowest BCUT2D eigenvalue weighted by Gasteiger charge is -2.13. The van der Waals surface area contributed by atoms with Crippen LogP contribution in [0, 0.1) is 6.92 Å². The Morgan fingerprint density at radius 2 is 1.65 bits per heavy atom. The molecule has 0 atom stereocenters. The van der Waals surface area contributed by atoms with E-state index in [1.807, 2.05) is 13.0 Å². The zero-order chi connectivity index (χ0) is 16.8. The number of rotatable bonds is 4. The molecule has 0 saturated heterocycles. The Kier molecular flexibility index (Phi) is 5.19. The summed E-state index contributed by atoms with van der Waals surface area (Å²) in [5, 5.41) is 5.35. The van der Waals surface area contributed by atoms with Crippen LogP contribution in [0.4, 0.5) is 16.2 Å². The predicted octanol–water partition coefficient (Wildman–Crippen LogP) is 3.43. The van der Waals surface area contributed by atoms with Crippen molar-refractivity contribution >= 4 is 23.4 Å². The molecule has 2 amide bonds. The van der Waals surface area contributed by atoms with Crippen LogP contribution in [0.25, 0.3) is 0 Å². The van der Waals surface area contributed by atoms with Crippen molar-refractivity contribution in [2.75, 3.05) is 24.9 Å². The molecule has 2 aromatic rings. The van der Waals surface area contributed by atoms with Gasteiger partial charge in [0, 0.05) is 0 Å². The summed E-state index contributed by atoms with van der Waals surface area (Å²) < 4.78 is 9.91. The number of anilines is 2. The summed E-state index contributed by atoms with van der Waals surface area (Å²) in [6, 6.07) is 11.6. The van der Waals surface area contributed by atoms with Gasteiger partial charge in [0.15, 0.2) is 0 Å². The van der Waals surface area contributed by atoms with E-state index in [0.717, 1.165) is 5.56 Å². The molecule has 2 aromatic carbocycles. The van der Waals surface area contributed by atoms with Crippen molar-refractivity contribution in [1.29, 1.82) is 0 Å². The lowest BCUT2D eigenvalue weighted by Crippen LogP contribution is -2.21. The average Bonchev–Trinajstić information content (AvgIpc) is 2.55. The fourth-order valence-corrected chi connectivity index (χ4v) is 2.08. The van der Waals surface area contributed by atoms with Gasteiger partial charge in [0.1, 0.15) is 5.75 Å². The molecule has 120 valence electrons. The largest absolute Gasteiger partial charge is 0.495 e. The van der Waals surface area contributed by atoms with Gasteiger partial charge in [-0.05, 0) is 36.8 Å². The van der Waals surface area contributed by atoms with E-state index in [1.54, 1.807) is 36.4 Å². The molecule has 0 unspecified atom stereocenters. The summed E-state index contributed by atoms with van der Waals surface area (Å²) in [5.74, 6) is 0.0287. The third-order valence-electron chi connectivity index (χ3n) is 3.18. The third kappa shape index (κ3) is 4.00. The SMILES string of the molecule is COC(=O)c1ccccc1NC(=O)Nc1cc(C)ccc1OC. The molecule has 0 aliphatic rings. The minimum Gasteiger partial charge on any atom is -0.495 e. The molecular formula is C17H18N2O4. The summed E-state index contributed by atoms with van der Waals surface area (Å²) >= 11 is 0. The highest BCUT2D eigenvalue weighted by Crippen LogP contribution is 2.25. The number of nitrogens with one attached hydrogen (secondary N) is 2. The second kappa shape index (κ2) is 7.31. The van der Waals surface area contributed by atoms with Crippen LogP contribution in [0.2, 0.25) is 0 Å². The number of benzene rings is 2. The van der Waals surface area contributed by atoms with E-state index in [0.29, 0.717) is 17.1 Å². The van der Waals surface area contributed by atoms with Crippen molar-refractivity contribution in [3.8, 4) is 5.75 Å². The van der Waals surface area contributed by atoms with Crippen LogP contribution in [0.15, 0.2) is 42.5 Å². The maximum atomic E-state index is 12.2. The smallest absolute Gasteiger partial charge is 0.339 e. The van der Waals surface area contributed by atoms with Crippen molar-refractivity contribution in [3.05, 3.63) is 53.6 Å². The number of amides is 2. The summed E-state index contributed by atoms with van der Waals surface area (Å²) in [6.07, 6.45) is 0. The summed E-state index contributed by atoms with van der Waals surface area (Å²) in [5.41, 5.74) is 2.17. The molecule has 0 aromatic heterocycles. The van der Waals surface area contributed by atoms with Crippen molar-refractivity contribution in [1.82, 2.24) is 0 Å². The summed E-state index contributed by atoms with van der Waals surface area (Å²) in [4.78, 5) is 23.9. The number of esters is 1. The van der Waals surface area contributed by atoms with Gasteiger partial charge in [-0.2, -0.15) is 0 Å². The number of hydrogen-bond donors (Lipinski definition) is 2. The fourth-order valence-electron chi connectivity index (χ4n) is 2.08. The number of para-hydroxylation sites is 1. The summed E-state index contributed by atoms with van der Waals surface area (Å²) in [6.45, 7) is 1.91. The molecule has 23 heavy (non-hydrogen) atoms. The van der Waals surface area contributed by atoms with Crippen LogP contribution < -0.4 is 15.4 Å². The highest BCUT2D eigenvalue weighted by atomic mass is 16.5. The highest BCUT2D eigenvalue weighted by molar-refractivity contribution is 6.05. The van der Waals surface area contributed by atoms with Gasteiger partial charge in [-0.1, -0.05) is 18.2 Å². The maximum absolute atomic E-state index is 12.2. The maximum Gasteiger partial charge on any atom is 0.339 e. The highest BCUT2D eigenvalue weighted by Gasteiger charge is 2.14. The minimum absolute atomic E-state index is 0.279. The van der Waals surface area contributed by atoms with Gasteiger partial charge >= 0.3 is 12.0 Å². The Hall–Kier alpha value is -3.02. The van der Waals surface area contributed by atoms with E-state index in [-0.39, 0.29) is 5.56 Å². The second-order valence-corrected chi connectivity index (χ2v) is 4.82. The van der Waals surface area contributed by atoms with E-state index in [9.17, 15) is 9.59 Å². The van der Waals surface area contributed by atoms with Crippen molar-refractivity contribution in [3.63, 3.8) is 0 Å². The van der Waals surface area contributed by atoms with Crippen LogP contribution in [-0.4, -0.2) is 26.2 Å². The van der Waals surface area contributed by atoms with Gasteiger partial charge in [0.25, 0.3) is 0 Å². The van der Waals surface area contributed by atoms with E-state index < -0.39 is 12.0 Å². The molecule has 0 heterocycles. The van der Waals surface area contributed by atoms with E-state index >= 15 is 0 Å². The van der Waals surface area contributed by atoms with Crippen LogP contribution in [0.1, 0.15) is 15.9 Å². The molecule has 6 heteroatoms. The number of aryl methyl sites for hydroxylation is 1. The first kappa shape index (κ1) is 16.4. The lowest BCUT2D eigenvalue weighted by atomic mass is 10.2. The Balaban J connectivity index is 2.18. The average molecular weight is 314 g/mol. The number of carbonyl (C=O) groups is 2. The topological polar surface area (TPSA) is 76.7 Å². The molecule has 0 spiro atoms. The predicted molar refractivity (Wildman–Crippen MR) is 88.2 cm³/mol. The third-order valence-corrected chi connectivity index (χ3v) is 3.18. The molecule has 0 aliphatic heterocycles. The molecule has 6 nitrogen and oxygen atoms in total. The molecule has 0 bridgehead atoms. The lowest BCUT2D eigenvalue weighted by molar-refractivity contribution is 0.0602. The Labute approximate surface area is 134 Å². The minimum atomic E-state index is -0.519. The number of carbonyl (C=O) groups excluding carboxylic acids is 2. The Morgan fingerprint density at radius 3 is 2.35 bits per heavy atom.